The van der Waals surface area contributed by atoms with Gasteiger partial charge in [0.25, 0.3) is 5.56 Å². The van der Waals surface area contributed by atoms with Crippen LogP contribution in [0.2, 0.25) is 0 Å². The number of hydrogen-bond acceptors (Lipinski definition) is 7. The molecule has 0 bridgehead atoms. The number of hydrogen-bond donors (Lipinski definition) is 0. The summed E-state index contributed by atoms with van der Waals surface area (Å²) >= 11 is 2.74. The van der Waals surface area contributed by atoms with Crippen molar-refractivity contribution in [1.82, 2.24) is 4.57 Å². The minimum Gasteiger partial charge on any atom is -0.465 e. The van der Waals surface area contributed by atoms with E-state index in [4.69, 9.17) is 9.15 Å². The summed E-state index contributed by atoms with van der Waals surface area (Å²) in [6.45, 7) is 5.42. The molecule has 1 aliphatic heterocycles. The van der Waals surface area contributed by atoms with Crippen LogP contribution < -0.4 is 14.9 Å². The first-order valence-corrected chi connectivity index (χ1v) is 10.2. The fraction of sp³-hybridized carbons (Fsp3) is 0.150. The van der Waals surface area contributed by atoms with Crippen LogP contribution in [-0.4, -0.2) is 17.1 Å². The Morgan fingerprint density at radius 1 is 1.43 bits per heavy atom. The molecule has 3 aromatic heterocycles. The van der Waals surface area contributed by atoms with E-state index in [-0.39, 0.29) is 12.2 Å². The van der Waals surface area contributed by atoms with Crippen molar-refractivity contribution in [2.45, 2.75) is 13.0 Å². The number of furan rings is 1. The summed E-state index contributed by atoms with van der Waals surface area (Å²) in [7, 11) is 0. The highest BCUT2D eigenvalue weighted by Crippen LogP contribution is 2.33. The van der Waals surface area contributed by atoms with Gasteiger partial charge in [0.1, 0.15) is 18.4 Å². The van der Waals surface area contributed by atoms with E-state index < -0.39 is 12.0 Å². The van der Waals surface area contributed by atoms with E-state index in [2.05, 4.69) is 11.6 Å². The standard InChI is InChI=1S/C20H16N2O4S2/c1-3-8-26-19(24)16-12(2)21-20-22(17(16)14-7-5-10-27-14)18(23)15(28-20)11-13-6-4-9-25-13/h3-7,9-11,17H,1,8H2,2H3/b15-11-. The van der Waals surface area contributed by atoms with Crippen LogP contribution in [0.5, 0.6) is 0 Å². The minimum atomic E-state index is -0.577. The van der Waals surface area contributed by atoms with E-state index in [1.807, 2.05) is 17.5 Å². The molecular formula is C20H16N2O4S2. The number of allylic oxidation sites excluding steroid dienone is 1. The normalized spacial score (nSPS) is 16.6. The number of fused-ring (bicyclic) bond motifs is 1. The number of carbonyl (C=O) groups excluding carboxylic acids is 1. The molecule has 6 nitrogen and oxygen atoms in total. The number of nitrogens with zero attached hydrogens (tertiary/aromatic N) is 2. The predicted molar refractivity (Wildman–Crippen MR) is 108 cm³/mol. The zero-order valence-corrected chi connectivity index (χ0v) is 16.6. The Labute approximate surface area is 168 Å². The molecule has 0 aliphatic carbocycles. The Kier molecular flexibility index (Phi) is 4.97. The highest BCUT2D eigenvalue weighted by Gasteiger charge is 2.33. The van der Waals surface area contributed by atoms with Crippen LogP contribution in [-0.2, 0) is 9.53 Å². The largest absolute Gasteiger partial charge is 0.465 e. The SMILES string of the molecule is C=CCOC(=O)C1=C(C)N=c2s/c(=C\c3ccco3)c(=O)n2C1c1cccs1. The van der Waals surface area contributed by atoms with Gasteiger partial charge in [-0.05, 0) is 30.5 Å². The fourth-order valence-corrected chi connectivity index (χ4v) is 4.86. The van der Waals surface area contributed by atoms with Gasteiger partial charge in [0.05, 0.1) is 22.1 Å². The lowest BCUT2D eigenvalue weighted by Crippen LogP contribution is -2.39. The van der Waals surface area contributed by atoms with Crippen LogP contribution in [0.4, 0.5) is 0 Å². The monoisotopic (exact) mass is 412 g/mol. The maximum absolute atomic E-state index is 13.2. The average Bonchev–Trinajstić information content (AvgIpc) is 3.42. The van der Waals surface area contributed by atoms with Gasteiger partial charge >= 0.3 is 5.97 Å². The van der Waals surface area contributed by atoms with Gasteiger partial charge in [-0.25, -0.2) is 9.79 Å². The number of rotatable bonds is 5. The van der Waals surface area contributed by atoms with E-state index in [1.165, 1.54) is 28.7 Å². The average molecular weight is 412 g/mol. The van der Waals surface area contributed by atoms with Gasteiger partial charge in [-0.3, -0.25) is 9.36 Å². The molecule has 0 saturated carbocycles. The number of carbonyl (C=O) groups is 1. The highest BCUT2D eigenvalue weighted by molar-refractivity contribution is 7.10. The second-order valence-electron chi connectivity index (χ2n) is 6.00. The molecular weight excluding hydrogens is 396 g/mol. The Balaban J connectivity index is 1.92. The molecule has 142 valence electrons. The van der Waals surface area contributed by atoms with E-state index in [0.29, 0.717) is 26.4 Å². The van der Waals surface area contributed by atoms with Crippen molar-refractivity contribution in [1.29, 1.82) is 0 Å². The number of ether oxygens (including phenoxy) is 1. The van der Waals surface area contributed by atoms with Crippen LogP contribution in [0, 0.1) is 0 Å². The van der Waals surface area contributed by atoms with Crippen molar-refractivity contribution in [2.24, 2.45) is 4.99 Å². The van der Waals surface area contributed by atoms with E-state index in [1.54, 1.807) is 36.0 Å². The van der Waals surface area contributed by atoms with Crippen molar-refractivity contribution in [3.05, 3.63) is 90.2 Å². The smallest absolute Gasteiger partial charge is 0.338 e. The molecule has 4 rings (SSSR count). The van der Waals surface area contributed by atoms with Crippen molar-refractivity contribution in [3.63, 3.8) is 0 Å². The summed E-state index contributed by atoms with van der Waals surface area (Å²) in [4.78, 5) is 31.9. The van der Waals surface area contributed by atoms with Gasteiger partial charge in [0, 0.05) is 11.0 Å². The highest BCUT2D eigenvalue weighted by atomic mass is 32.1. The fourth-order valence-electron chi connectivity index (χ4n) is 3.01. The molecule has 0 fully saturated rings. The lowest BCUT2D eigenvalue weighted by atomic mass is 10.0. The van der Waals surface area contributed by atoms with Gasteiger partial charge in [0.15, 0.2) is 4.80 Å². The summed E-state index contributed by atoms with van der Waals surface area (Å²) in [5.74, 6) is 0.0825. The molecule has 28 heavy (non-hydrogen) atoms. The first-order chi connectivity index (χ1) is 13.6. The van der Waals surface area contributed by atoms with Crippen LogP contribution in [0.1, 0.15) is 23.6 Å². The van der Waals surface area contributed by atoms with Gasteiger partial charge in [-0.1, -0.05) is 30.1 Å². The van der Waals surface area contributed by atoms with E-state index >= 15 is 0 Å². The van der Waals surface area contributed by atoms with Crippen molar-refractivity contribution >= 4 is 34.7 Å². The number of aromatic nitrogens is 1. The van der Waals surface area contributed by atoms with E-state index in [0.717, 1.165) is 4.88 Å². The minimum absolute atomic E-state index is 0.0929. The molecule has 1 unspecified atom stereocenters. The van der Waals surface area contributed by atoms with Crippen LogP contribution >= 0.6 is 22.7 Å². The van der Waals surface area contributed by atoms with Crippen molar-refractivity contribution in [2.75, 3.05) is 6.61 Å². The maximum Gasteiger partial charge on any atom is 0.338 e. The van der Waals surface area contributed by atoms with Gasteiger partial charge < -0.3 is 9.15 Å². The zero-order chi connectivity index (χ0) is 19.7. The quantitative estimate of drug-likeness (QED) is 0.477. The molecule has 0 spiro atoms. The maximum atomic E-state index is 13.2. The molecule has 4 heterocycles. The number of esters is 1. The molecule has 1 atom stereocenters. The predicted octanol–water partition coefficient (Wildman–Crippen LogP) is 2.62. The topological polar surface area (TPSA) is 73.8 Å². The third kappa shape index (κ3) is 3.21. The second kappa shape index (κ2) is 7.57. The summed E-state index contributed by atoms with van der Waals surface area (Å²) in [6.07, 6.45) is 4.74. The second-order valence-corrected chi connectivity index (χ2v) is 7.99. The van der Waals surface area contributed by atoms with Gasteiger partial charge in [0.2, 0.25) is 0 Å². The van der Waals surface area contributed by atoms with Crippen molar-refractivity contribution in [3.8, 4) is 0 Å². The lowest BCUT2D eigenvalue weighted by Gasteiger charge is -2.23. The third-order valence-corrected chi connectivity index (χ3v) is 6.11. The number of thiazole rings is 1. The summed E-state index contributed by atoms with van der Waals surface area (Å²) in [5, 5.41) is 1.91. The van der Waals surface area contributed by atoms with Crippen LogP contribution in [0.25, 0.3) is 6.08 Å². The Bertz CT molecular complexity index is 1230. The summed E-state index contributed by atoms with van der Waals surface area (Å²) in [5.41, 5.74) is 0.680. The molecule has 0 amide bonds. The molecule has 8 heteroatoms. The first kappa shape index (κ1) is 18.4. The van der Waals surface area contributed by atoms with Crippen LogP contribution in [0.15, 0.2) is 74.0 Å². The molecule has 0 N–H and O–H groups in total. The van der Waals surface area contributed by atoms with Gasteiger partial charge in [-0.15, -0.1) is 11.3 Å². The summed E-state index contributed by atoms with van der Waals surface area (Å²) < 4.78 is 12.6. The Morgan fingerprint density at radius 2 is 2.29 bits per heavy atom. The Hall–Kier alpha value is -2.97. The first-order valence-electron chi connectivity index (χ1n) is 8.47. The molecule has 0 aromatic carbocycles. The lowest BCUT2D eigenvalue weighted by molar-refractivity contribution is -0.138. The van der Waals surface area contributed by atoms with Crippen molar-refractivity contribution < 1.29 is 13.9 Å². The zero-order valence-electron chi connectivity index (χ0n) is 15.0. The molecule has 1 aliphatic rings. The molecule has 3 aromatic rings. The summed E-state index contributed by atoms with van der Waals surface area (Å²) in [6, 6.07) is 6.75. The van der Waals surface area contributed by atoms with E-state index in [9.17, 15) is 9.59 Å². The van der Waals surface area contributed by atoms with Gasteiger partial charge in [-0.2, -0.15) is 0 Å². The van der Waals surface area contributed by atoms with Crippen LogP contribution in [0.3, 0.4) is 0 Å². The molecule has 0 radical (unpaired) electrons. The Morgan fingerprint density at radius 3 is 2.96 bits per heavy atom. The third-order valence-electron chi connectivity index (χ3n) is 4.20. The molecule has 0 saturated heterocycles. The number of thiophene rings is 1.